The lowest BCUT2D eigenvalue weighted by Crippen LogP contribution is -2.02. The first kappa shape index (κ1) is 15.2. The number of hydrogen-bond donors (Lipinski definition) is 0. The number of halogens is 3. The van der Waals surface area contributed by atoms with Crippen LogP contribution in [0.3, 0.4) is 0 Å². The molecule has 0 unspecified atom stereocenters. The Morgan fingerprint density at radius 1 is 1.37 bits per heavy atom. The van der Waals surface area contributed by atoms with Gasteiger partial charge in [0.05, 0.1) is 15.9 Å². The lowest BCUT2D eigenvalue weighted by atomic mass is 10.1. The van der Waals surface area contributed by atoms with Crippen molar-refractivity contribution in [3.63, 3.8) is 0 Å². The van der Waals surface area contributed by atoms with Crippen LogP contribution in [0, 0.1) is 10.5 Å². The Morgan fingerprint density at radius 3 is 2.74 bits per heavy atom. The molecule has 0 spiro atoms. The maximum absolute atomic E-state index is 6.16. The maximum Gasteiger partial charge on any atom is 0.162 e. The van der Waals surface area contributed by atoms with Gasteiger partial charge >= 0.3 is 0 Å². The van der Waals surface area contributed by atoms with E-state index in [1.807, 2.05) is 25.1 Å². The summed E-state index contributed by atoms with van der Waals surface area (Å²) in [6.07, 6.45) is 0. The molecule has 6 heteroatoms. The van der Waals surface area contributed by atoms with Gasteiger partial charge in [-0.1, -0.05) is 33.6 Å². The Hall–Kier alpha value is -0.240. The van der Waals surface area contributed by atoms with Crippen LogP contribution in [0.5, 0.6) is 0 Å². The van der Waals surface area contributed by atoms with Crippen LogP contribution < -0.4 is 0 Å². The minimum atomic E-state index is 0.414. The Bertz CT molecular complexity index is 622. The van der Waals surface area contributed by atoms with E-state index >= 15 is 0 Å². The highest BCUT2D eigenvalue weighted by molar-refractivity contribution is 14.1. The molecule has 2 rings (SSSR count). The van der Waals surface area contributed by atoms with Crippen molar-refractivity contribution in [2.24, 2.45) is 0 Å². The molecule has 0 fully saturated rings. The summed E-state index contributed by atoms with van der Waals surface area (Å²) in [6, 6.07) is 6.03. The summed E-state index contributed by atoms with van der Waals surface area (Å²) < 4.78 is 6.92. The number of benzene rings is 1. The van der Waals surface area contributed by atoms with Gasteiger partial charge in [0, 0.05) is 17.1 Å². The van der Waals surface area contributed by atoms with Gasteiger partial charge in [-0.3, -0.25) is 0 Å². The third-order valence-corrected chi connectivity index (χ3v) is 4.91. The van der Waals surface area contributed by atoms with Crippen molar-refractivity contribution < 1.29 is 4.74 Å². The summed E-state index contributed by atoms with van der Waals surface area (Å²) in [7, 11) is 1.63. The van der Waals surface area contributed by atoms with Crippen LogP contribution in [-0.4, -0.2) is 17.1 Å². The highest BCUT2D eigenvalue weighted by Crippen LogP contribution is 2.29. The number of aromatic nitrogens is 2. The molecule has 2 aromatic rings. The van der Waals surface area contributed by atoms with E-state index in [-0.39, 0.29) is 0 Å². The normalized spacial score (nSPS) is 10.8. The third kappa shape index (κ3) is 3.45. The van der Waals surface area contributed by atoms with Crippen molar-refractivity contribution in [3.8, 4) is 11.4 Å². The Morgan fingerprint density at radius 2 is 2.11 bits per heavy atom. The predicted octanol–water partition coefficient (Wildman–Crippen LogP) is 4.62. The SMILES string of the molecule is COCc1nc(-c2ccc(C)cc2Br)nc(Cl)c1I. The summed E-state index contributed by atoms with van der Waals surface area (Å²) in [4.78, 5) is 8.86. The molecule has 0 N–H and O–H groups in total. The molecule has 0 aliphatic carbocycles. The summed E-state index contributed by atoms with van der Waals surface area (Å²) in [5, 5.41) is 0.449. The molecular formula is C13H11BrClIN2O. The molecule has 0 amide bonds. The van der Waals surface area contributed by atoms with Crippen molar-refractivity contribution in [2.45, 2.75) is 13.5 Å². The second-order valence-electron chi connectivity index (χ2n) is 4.02. The van der Waals surface area contributed by atoms with Gasteiger partial charge < -0.3 is 4.74 Å². The van der Waals surface area contributed by atoms with Gasteiger partial charge in [0.15, 0.2) is 5.82 Å². The molecule has 1 aromatic carbocycles. The van der Waals surface area contributed by atoms with Gasteiger partial charge in [-0.2, -0.15) is 0 Å². The summed E-state index contributed by atoms with van der Waals surface area (Å²) in [5.74, 6) is 0.601. The quantitative estimate of drug-likeness (QED) is 0.503. The lowest BCUT2D eigenvalue weighted by Gasteiger charge is -2.09. The van der Waals surface area contributed by atoms with E-state index in [9.17, 15) is 0 Å². The molecule has 1 aromatic heterocycles. The minimum Gasteiger partial charge on any atom is -0.378 e. The van der Waals surface area contributed by atoms with Gasteiger partial charge in [-0.25, -0.2) is 9.97 Å². The van der Waals surface area contributed by atoms with Crippen LogP contribution in [-0.2, 0) is 11.3 Å². The molecule has 0 saturated heterocycles. The number of rotatable bonds is 3. The van der Waals surface area contributed by atoms with Gasteiger partial charge in [0.2, 0.25) is 0 Å². The zero-order valence-electron chi connectivity index (χ0n) is 10.4. The summed E-state index contributed by atoms with van der Waals surface area (Å²) in [5.41, 5.74) is 2.89. The molecule has 0 radical (unpaired) electrons. The molecular weight excluding hydrogens is 442 g/mol. The molecule has 0 bridgehead atoms. The van der Waals surface area contributed by atoms with Crippen LogP contribution in [0.4, 0.5) is 0 Å². The van der Waals surface area contributed by atoms with E-state index in [4.69, 9.17) is 16.3 Å². The predicted molar refractivity (Wildman–Crippen MR) is 88.3 cm³/mol. The smallest absolute Gasteiger partial charge is 0.162 e. The van der Waals surface area contributed by atoms with E-state index in [0.717, 1.165) is 19.3 Å². The van der Waals surface area contributed by atoms with Gasteiger partial charge in [0.25, 0.3) is 0 Å². The maximum atomic E-state index is 6.16. The van der Waals surface area contributed by atoms with Crippen LogP contribution in [0.1, 0.15) is 11.3 Å². The summed E-state index contributed by atoms with van der Waals surface area (Å²) >= 11 is 11.8. The van der Waals surface area contributed by atoms with E-state index in [1.165, 1.54) is 5.56 Å². The number of hydrogen-bond acceptors (Lipinski definition) is 3. The Balaban J connectivity index is 2.56. The fourth-order valence-corrected chi connectivity index (χ4v) is 2.87. The molecule has 100 valence electrons. The fraction of sp³-hybridized carbons (Fsp3) is 0.231. The van der Waals surface area contributed by atoms with Crippen molar-refractivity contribution in [1.82, 2.24) is 9.97 Å². The first-order valence-electron chi connectivity index (χ1n) is 5.50. The number of aryl methyl sites for hydroxylation is 1. The second kappa shape index (κ2) is 6.47. The van der Waals surface area contributed by atoms with Crippen molar-refractivity contribution in [2.75, 3.05) is 7.11 Å². The molecule has 3 nitrogen and oxygen atoms in total. The topological polar surface area (TPSA) is 35.0 Å². The van der Waals surface area contributed by atoms with Crippen LogP contribution in [0.15, 0.2) is 22.7 Å². The van der Waals surface area contributed by atoms with Gasteiger partial charge in [-0.05, 0) is 47.2 Å². The first-order valence-corrected chi connectivity index (χ1v) is 7.75. The van der Waals surface area contributed by atoms with E-state index in [2.05, 4.69) is 48.5 Å². The van der Waals surface area contributed by atoms with E-state index in [1.54, 1.807) is 7.11 Å². The standard InChI is InChI=1S/C13H11BrClIN2O/c1-7-3-4-8(9(14)5-7)13-17-10(6-19-2)11(16)12(15)18-13/h3-5H,6H2,1-2H3. The zero-order valence-corrected chi connectivity index (χ0v) is 14.9. The van der Waals surface area contributed by atoms with Gasteiger partial charge in [0.1, 0.15) is 5.15 Å². The van der Waals surface area contributed by atoms with Gasteiger partial charge in [-0.15, -0.1) is 0 Å². The van der Waals surface area contributed by atoms with Crippen molar-refractivity contribution in [3.05, 3.63) is 42.7 Å². The van der Waals surface area contributed by atoms with E-state index < -0.39 is 0 Å². The van der Waals surface area contributed by atoms with Crippen molar-refractivity contribution in [1.29, 1.82) is 0 Å². The highest BCUT2D eigenvalue weighted by atomic mass is 127. The molecule has 0 aliphatic heterocycles. The Labute approximate surface area is 139 Å². The molecule has 19 heavy (non-hydrogen) atoms. The molecule has 0 atom stereocenters. The molecule has 0 saturated carbocycles. The average molecular weight is 454 g/mol. The minimum absolute atomic E-state index is 0.414. The van der Waals surface area contributed by atoms with Crippen LogP contribution in [0.25, 0.3) is 11.4 Å². The number of nitrogens with zero attached hydrogens (tertiary/aromatic N) is 2. The number of methoxy groups -OCH3 is 1. The first-order chi connectivity index (χ1) is 9.02. The van der Waals surface area contributed by atoms with Crippen molar-refractivity contribution >= 4 is 50.1 Å². The third-order valence-electron chi connectivity index (χ3n) is 2.53. The van der Waals surface area contributed by atoms with Crippen LogP contribution >= 0.6 is 50.1 Å². The highest BCUT2D eigenvalue weighted by Gasteiger charge is 2.13. The average Bonchev–Trinajstić information content (AvgIpc) is 2.35. The number of ether oxygens (including phenoxy) is 1. The van der Waals surface area contributed by atoms with Crippen LogP contribution in [0.2, 0.25) is 5.15 Å². The molecule has 1 heterocycles. The lowest BCUT2D eigenvalue weighted by molar-refractivity contribution is 0.181. The van der Waals surface area contributed by atoms with E-state index in [0.29, 0.717) is 17.6 Å². The molecule has 0 aliphatic rings. The fourth-order valence-electron chi connectivity index (χ4n) is 1.62. The second-order valence-corrected chi connectivity index (χ2v) is 6.31. The monoisotopic (exact) mass is 452 g/mol. The zero-order chi connectivity index (χ0) is 14.0. The Kier molecular flexibility index (Phi) is 5.16. The summed E-state index contributed by atoms with van der Waals surface area (Å²) in [6.45, 7) is 2.45. The largest absolute Gasteiger partial charge is 0.378 e.